The molecule has 6 heteroatoms. The Kier molecular flexibility index (Phi) is 6.92. The zero-order valence-corrected chi connectivity index (χ0v) is 19.2. The number of nitrogens with one attached hydrogen (secondary N) is 1. The van der Waals surface area contributed by atoms with Gasteiger partial charge >= 0.3 is 0 Å². The van der Waals surface area contributed by atoms with E-state index in [2.05, 4.69) is 40.8 Å². The van der Waals surface area contributed by atoms with E-state index in [0.29, 0.717) is 5.69 Å². The van der Waals surface area contributed by atoms with Gasteiger partial charge in [0, 0.05) is 25.3 Å². The van der Waals surface area contributed by atoms with Crippen molar-refractivity contribution in [3.8, 4) is 0 Å². The van der Waals surface area contributed by atoms with E-state index >= 15 is 0 Å². The number of unbranched alkanes of at least 4 members (excludes halogenated alkanes) is 1. The second kappa shape index (κ2) is 9.84. The molecule has 3 aromatic rings. The number of fused-ring (bicyclic) bond motifs is 1. The number of benzene rings is 3. The van der Waals surface area contributed by atoms with Gasteiger partial charge in [0.2, 0.25) is 0 Å². The zero-order valence-electron chi connectivity index (χ0n) is 18.4. The SMILES string of the molecule is CCCCc1ccc(CN2CCc3cc(S(=O)(=O)Nc4ccc(F)cc4)ccc3C2)cc1. The largest absolute Gasteiger partial charge is 0.294 e. The zero-order chi connectivity index (χ0) is 22.6. The van der Waals surface area contributed by atoms with Crippen molar-refractivity contribution in [1.82, 2.24) is 4.90 Å². The minimum Gasteiger partial charge on any atom is -0.294 e. The molecule has 0 fully saturated rings. The van der Waals surface area contributed by atoms with Gasteiger partial charge in [-0.1, -0.05) is 43.7 Å². The first-order valence-electron chi connectivity index (χ1n) is 11.1. The minimum atomic E-state index is -3.72. The van der Waals surface area contributed by atoms with Crippen molar-refractivity contribution in [1.29, 1.82) is 0 Å². The summed E-state index contributed by atoms with van der Waals surface area (Å²) in [6.07, 6.45) is 4.37. The van der Waals surface area contributed by atoms with Crippen LogP contribution in [0.15, 0.2) is 71.6 Å². The number of aryl methyl sites for hydroxylation is 1. The van der Waals surface area contributed by atoms with Crippen molar-refractivity contribution in [2.45, 2.75) is 50.6 Å². The van der Waals surface area contributed by atoms with E-state index in [1.807, 2.05) is 6.07 Å². The van der Waals surface area contributed by atoms with E-state index in [1.54, 1.807) is 12.1 Å². The molecule has 1 heterocycles. The molecule has 168 valence electrons. The molecule has 0 amide bonds. The van der Waals surface area contributed by atoms with E-state index in [-0.39, 0.29) is 4.90 Å². The van der Waals surface area contributed by atoms with Crippen molar-refractivity contribution >= 4 is 15.7 Å². The van der Waals surface area contributed by atoms with Crippen molar-refractivity contribution in [2.75, 3.05) is 11.3 Å². The number of hydrogen-bond donors (Lipinski definition) is 1. The Bertz CT molecular complexity index is 1160. The molecule has 4 rings (SSSR count). The van der Waals surface area contributed by atoms with Crippen molar-refractivity contribution in [2.24, 2.45) is 0 Å². The van der Waals surface area contributed by atoms with Crippen molar-refractivity contribution in [3.63, 3.8) is 0 Å². The summed E-state index contributed by atoms with van der Waals surface area (Å²) in [7, 11) is -3.72. The lowest BCUT2D eigenvalue weighted by Crippen LogP contribution is -2.30. The van der Waals surface area contributed by atoms with Crippen LogP contribution < -0.4 is 4.72 Å². The molecule has 0 saturated heterocycles. The molecule has 4 nitrogen and oxygen atoms in total. The van der Waals surface area contributed by atoms with E-state index in [4.69, 9.17) is 0 Å². The first-order chi connectivity index (χ1) is 15.4. The maximum atomic E-state index is 13.1. The Hall–Kier alpha value is -2.70. The van der Waals surface area contributed by atoms with Gasteiger partial charge in [-0.2, -0.15) is 0 Å². The predicted molar refractivity (Wildman–Crippen MR) is 127 cm³/mol. The van der Waals surface area contributed by atoms with E-state index in [9.17, 15) is 12.8 Å². The second-order valence-corrected chi connectivity index (χ2v) is 10.1. The second-order valence-electron chi connectivity index (χ2n) is 8.42. The smallest absolute Gasteiger partial charge is 0.261 e. The fourth-order valence-electron chi connectivity index (χ4n) is 4.07. The van der Waals surface area contributed by atoms with Crippen LogP contribution in [0, 0.1) is 5.82 Å². The Morgan fingerprint density at radius 3 is 2.38 bits per heavy atom. The quantitative estimate of drug-likeness (QED) is 0.489. The van der Waals surface area contributed by atoms with Crippen LogP contribution in [0.5, 0.6) is 0 Å². The van der Waals surface area contributed by atoms with Crippen LogP contribution in [-0.2, 0) is 36.0 Å². The predicted octanol–water partition coefficient (Wildman–Crippen LogP) is 5.53. The van der Waals surface area contributed by atoms with Gasteiger partial charge in [0.05, 0.1) is 4.90 Å². The molecule has 0 bridgehead atoms. The Balaban J connectivity index is 1.41. The number of hydrogen-bond acceptors (Lipinski definition) is 3. The molecule has 0 spiro atoms. The van der Waals surface area contributed by atoms with Gasteiger partial charge in [0.25, 0.3) is 10.0 Å². The molecule has 0 saturated carbocycles. The Labute approximate surface area is 190 Å². The van der Waals surface area contributed by atoms with Crippen LogP contribution in [0.4, 0.5) is 10.1 Å². The highest BCUT2D eigenvalue weighted by molar-refractivity contribution is 7.92. The standard InChI is InChI=1S/C26H29FN2O2S/c1-2-3-4-20-5-7-21(8-6-20)18-29-16-15-22-17-26(14-9-23(22)19-29)32(30,31)28-25-12-10-24(27)11-13-25/h5-14,17,28H,2-4,15-16,18-19H2,1H3. The van der Waals surface area contributed by atoms with Gasteiger partial charge < -0.3 is 0 Å². The molecule has 0 radical (unpaired) electrons. The summed E-state index contributed by atoms with van der Waals surface area (Å²) in [6, 6.07) is 19.5. The molecule has 32 heavy (non-hydrogen) atoms. The average Bonchev–Trinajstić information content (AvgIpc) is 2.79. The molecular formula is C26H29FN2O2S. The molecule has 0 aromatic heterocycles. The minimum absolute atomic E-state index is 0.233. The highest BCUT2D eigenvalue weighted by Gasteiger charge is 2.21. The maximum Gasteiger partial charge on any atom is 0.261 e. The van der Waals surface area contributed by atoms with Gasteiger partial charge in [-0.25, -0.2) is 12.8 Å². The number of rotatable bonds is 8. The molecule has 1 N–H and O–H groups in total. The number of sulfonamides is 1. The first kappa shape index (κ1) is 22.5. The van der Waals surface area contributed by atoms with Gasteiger partial charge in [0.1, 0.15) is 5.82 Å². The molecule has 1 aliphatic rings. The van der Waals surface area contributed by atoms with Gasteiger partial charge in [-0.05, 0) is 77.9 Å². The van der Waals surface area contributed by atoms with Crippen LogP contribution in [0.1, 0.15) is 42.0 Å². The third-order valence-electron chi connectivity index (χ3n) is 5.92. The lowest BCUT2D eigenvalue weighted by molar-refractivity contribution is 0.245. The maximum absolute atomic E-state index is 13.1. The third-order valence-corrected chi connectivity index (χ3v) is 7.30. The van der Waals surface area contributed by atoms with Gasteiger partial charge in [0.15, 0.2) is 0 Å². The summed E-state index contributed by atoms with van der Waals surface area (Å²) in [4.78, 5) is 2.63. The third kappa shape index (κ3) is 5.56. The van der Waals surface area contributed by atoms with E-state index < -0.39 is 15.8 Å². The number of halogens is 1. The van der Waals surface area contributed by atoms with Crippen molar-refractivity contribution in [3.05, 3.63) is 94.8 Å². The molecule has 1 aliphatic heterocycles. The van der Waals surface area contributed by atoms with Crippen molar-refractivity contribution < 1.29 is 12.8 Å². The highest BCUT2D eigenvalue weighted by atomic mass is 32.2. The fraction of sp³-hybridized carbons (Fsp3) is 0.308. The van der Waals surface area contributed by atoms with E-state index in [1.165, 1.54) is 48.2 Å². The Morgan fingerprint density at radius 1 is 0.938 bits per heavy atom. The summed E-state index contributed by atoms with van der Waals surface area (Å²) >= 11 is 0. The number of nitrogens with zero attached hydrogens (tertiary/aromatic N) is 1. The summed E-state index contributed by atoms with van der Waals surface area (Å²) in [6.45, 7) is 4.79. The summed E-state index contributed by atoms with van der Waals surface area (Å²) in [5.41, 5.74) is 5.27. The summed E-state index contributed by atoms with van der Waals surface area (Å²) in [5, 5.41) is 0. The van der Waals surface area contributed by atoms with Crippen LogP contribution in [0.25, 0.3) is 0 Å². The normalized spacial score (nSPS) is 14.2. The van der Waals surface area contributed by atoms with Crippen LogP contribution in [0.3, 0.4) is 0 Å². The lowest BCUT2D eigenvalue weighted by Gasteiger charge is -2.29. The monoisotopic (exact) mass is 452 g/mol. The van der Waals surface area contributed by atoms with Crippen LogP contribution >= 0.6 is 0 Å². The van der Waals surface area contributed by atoms with Crippen LogP contribution in [0.2, 0.25) is 0 Å². The lowest BCUT2D eigenvalue weighted by atomic mass is 9.99. The van der Waals surface area contributed by atoms with Gasteiger partial charge in [-0.3, -0.25) is 9.62 Å². The molecule has 3 aromatic carbocycles. The topological polar surface area (TPSA) is 49.4 Å². The fourth-order valence-corrected chi connectivity index (χ4v) is 5.18. The molecular weight excluding hydrogens is 423 g/mol. The Morgan fingerprint density at radius 2 is 1.66 bits per heavy atom. The molecule has 0 aliphatic carbocycles. The van der Waals surface area contributed by atoms with E-state index in [0.717, 1.165) is 43.6 Å². The summed E-state index contributed by atoms with van der Waals surface area (Å²) in [5.74, 6) is -0.404. The van der Waals surface area contributed by atoms with Crippen LogP contribution in [-0.4, -0.2) is 19.9 Å². The highest BCUT2D eigenvalue weighted by Crippen LogP contribution is 2.25. The van der Waals surface area contributed by atoms with Gasteiger partial charge in [-0.15, -0.1) is 0 Å². The first-order valence-corrected chi connectivity index (χ1v) is 12.6. The molecule has 0 atom stereocenters. The summed E-state index contributed by atoms with van der Waals surface area (Å²) < 4.78 is 41.1. The molecule has 0 unspecified atom stereocenters. The number of anilines is 1. The average molecular weight is 453 g/mol.